The lowest BCUT2D eigenvalue weighted by molar-refractivity contribution is 0.581. The summed E-state index contributed by atoms with van der Waals surface area (Å²) in [6.45, 7) is 2.10. The zero-order valence-electron chi connectivity index (χ0n) is 7.61. The van der Waals surface area contributed by atoms with Crippen molar-refractivity contribution in [1.82, 2.24) is 10.2 Å². The molecule has 74 valence electrons. The Bertz CT molecular complexity index is 399. The van der Waals surface area contributed by atoms with Crippen molar-refractivity contribution in [2.75, 3.05) is 0 Å². The van der Waals surface area contributed by atoms with E-state index >= 15 is 0 Å². The Balaban J connectivity index is 2.26. The number of hydrogen-bond donors (Lipinski definition) is 0. The van der Waals surface area contributed by atoms with E-state index in [0.717, 1.165) is 22.2 Å². The number of halogens is 1. The molecule has 1 unspecified atom stereocenters. The molecule has 0 saturated carbocycles. The van der Waals surface area contributed by atoms with Crippen LogP contribution in [0.4, 0.5) is 0 Å². The normalized spacial score (nSPS) is 13.0. The monoisotopic (exact) mass is 272 g/mol. The number of alkyl halides is 1. The number of furan rings is 1. The van der Waals surface area contributed by atoms with Crippen molar-refractivity contribution in [3.05, 3.63) is 23.4 Å². The standard InChI is InChI=1S/C9H9BrN2OS/c1-2-6(10)8-11-12-9(14-8)7-4-3-5-13-7/h3-6H,2H2,1H3. The fraction of sp³-hybridized carbons (Fsp3) is 0.333. The van der Waals surface area contributed by atoms with Gasteiger partial charge in [-0.15, -0.1) is 10.2 Å². The molecule has 2 aromatic heterocycles. The average molecular weight is 273 g/mol. The fourth-order valence-corrected chi connectivity index (χ4v) is 2.28. The quantitative estimate of drug-likeness (QED) is 0.801. The summed E-state index contributed by atoms with van der Waals surface area (Å²) in [6, 6.07) is 3.74. The Morgan fingerprint density at radius 1 is 1.57 bits per heavy atom. The third-order valence-electron chi connectivity index (χ3n) is 1.80. The molecule has 1 atom stereocenters. The van der Waals surface area contributed by atoms with Gasteiger partial charge in [-0.3, -0.25) is 0 Å². The third-order valence-corrected chi connectivity index (χ3v) is 4.23. The predicted octanol–water partition coefficient (Wildman–Crippen LogP) is 3.64. The lowest BCUT2D eigenvalue weighted by atomic mass is 10.4. The Kier molecular flexibility index (Phi) is 2.98. The van der Waals surface area contributed by atoms with Crippen molar-refractivity contribution >= 4 is 27.3 Å². The Morgan fingerprint density at radius 2 is 2.43 bits per heavy atom. The molecule has 0 saturated heterocycles. The maximum atomic E-state index is 5.24. The fourth-order valence-electron chi connectivity index (χ4n) is 1.04. The molecule has 0 radical (unpaired) electrons. The van der Waals surface area contributed by atoms with Crippen LogP contribution >= 0.6 is 27.3 Å². The minimum absolute atomic E-state index is 0.295. The molecule has 0 fully saturated rings. The molecule has 3 nitrogen and oxygen atoms in total. The second-order valence-electron chi connectivity index (χ2n) is 2.80. The highest BCUT2D eigenvalue weighted by Gasteiger charge is 2.13. The molecule has 0 spiro atoms. The first kappa shape index (κ1) is 9.86. The molecular formula is C9H9BrN2OS. The highest BCUT2D eigenvalue weighted by Crippen LogP contribution is 2.32. The number of hydrogen-bond acceptors (Lipinski definition) is 4. The van der Waals surface area contributed by atoms with Crippen molar-refractivity contribution in [1.29, 1.82) is 0 Å². The minimum Gasteiger partial charge on any atom is -0.462 e. The summed E-state index contributed by atoms with van der Waals surface area (Å²) in [7, 11) is 0. The van der Waals surface area contributed by atoms with Gasteiger partial charge in [-0.1, -0.05) is 34.2 Å². The minimum atomic E-state index is 0.295. The topological polar surface area (TPSA) is 38.9 Å². The summed E-state index contributed by atoms with van der Waals surface area (Å²) >= 11 is 5.10. The first-order valence-corrected chi connectivity index (χ1v) is 6.06. The van der Waals surface area contributed by atoms with E-state index in [2.05, 4.69) is 33.1 Å². The van der Waals surface area contributed by atoms with Gasteiger partial charge in [0, 0.05) is 0 Å². The van der Waals surface area contributed by atoms with Gasteiger partial charge in [0.2, 0.25) is 0 Å². The molecular weight excluding hydrogens is 264 g/mol. The van der Waals surface area contributed by atoms with Crippen LogP contribution in [0.2, 0.25) is 0 Å². The number of aromatic nitrogens is 2. The lowest BCUT2D eigenvalue weighted by Crippen LogP contribution is -1.84. The van der Waals surface area contributed by atoms with E-state index in [1.165, 1.54) is 0 Å². The highest BCUT2D eigenvalue weighted by molar-refractivity contribution is 9.09. The van der Waals surface area contributed by atoms with E-state index in [0.29, 0.717) is 4.83 Å². The summed E-state index contributed by atoms with van der Waals surface area (Å²) < 4.78 is 5.24. The second kappa shape index (κ2) is 4.23. The largest absolute Gasteiger partial charge is 0.462 e. The number of nitrogens with zero attached hydrogens (tertiary/aromatic N) is 2. The lowest BCUT2D eigenvalue weighted by Gasteiger charge is -1.97. The van der Waals surface area contributed by atoms with Crippen molar-refractivity contribution in [3.63, 3.8) is 0 Å². The van der Waals surface area contributed by atoms with Gasteiger partial charge in [-0.05, 0) is 18.6 Å². The van der Waals surface area contributed by atoms with Crippen LogP contribution < -0.4 is 0 Å². The van der Waals surface area contributed by atoms with E-state index in [1.54, 1.807) is 17.6 Å². The molecule has 0 amide bonds. The molecule has 2 aromatic rings. The molecule has 0 aromatic carbocycles. The smallest absolute Gasteiger partial charge is 0.183 e. The SMILES string of the molecule is CCC(Br)c1nnc(-c2ccco2)s1. The molecule has 0 aliphatic rings. The van der Waals surface area contributed by atoms with Gasteiger partial charge in [0.1, 0.15) is 5.01 Å². The Labute approximate surface area is 94.3 Å². The van der Waals surface area contributed by atoms with Crippen LogP contribution in [0, 0.1) is 0 Å². The van der Waals surface area contributed by atoms with Crippen molar-refractivity contribution in [2.24, 2.45) is 0 Å². The average Bonchev–Trinajstić information content (AvgIpc) is 2.86. The van der Waals surface area contributed by atoms with Crippen LogP contribution in [0.5, 0.6) is 0 Å². The maximum absolute atomic E-state index is 5.24. The molecule has 2 rings (SSSR count). The van der Waals surface area contributed by atoms with Crippen LogP contribution in [-0.4, -0.2) is 10.2 Å². The van der Waals surface area contributed by atoms with Gasteiger partial charge in [0.05, 0.1) is 11.1 Å². The zero-order valence-corrected chi connectivity index (χ0v) is 10.0. The highest BCUT2D eigenvalue weighted by atomic mass is 79.9. The molecule has 0 bridgehead atoms. The Morgan fingerprint density at radius 3 is 3.07 bits per heavy atom. The van der Waals surface area contributed by atoms with Crippen LogP contribution in [0.3, 0.4) is 0 Å². The molecule has 5 heteroatoms. The second-order valence-corrected chi connectivity index (χ2v) is 4.91. The van der Waals surface area contributed by atoms with Crippen LogP contribution in [0.15, 0.2) is 22.8 Å². The summed E-state index contributed by atoms with van der Waals surface area (Å²) in [6.07, 6.45) is 2.65. The van der Waals surface area contributed by atoms with Crippen LogP contribution in [0.1, 0.15) is 23.2 Å². The molecule has 0 aliphatic heterocycles. The maximum Gasteiger partial charge on any atom is 0.183 e. The molecule has 0 aliphatic carbocycles. The summed E-state index contributed by atoms with van der Waals surface area (Å²) in [5.41, 5.74) is 0. The van der Waals surface area contributed by atoms with Gasteiger partial charge in [0.15, 0.2) is 10.8 Å². The summed E-state index contributed by atoms with van der Waals surface area (Å²) in [5, 5.41) is 10.0. The van der Waals surface area contributed by atoms with Gasteiger partial charge >= 0.3 is 0 Å². The summed E-state index contributed by atoms with van der Waals surface area (Å²) in [4.78, 5) is 0.295. The zero-order chi connectivity index (χ0) is 9.97. The van der Waals surface area contributed by atoms with Gasteiger partial charge in [-0.2, -0.15) is 0 Å². The molecule has 0 N–H and O–H groups in total. The number of rotatable bonds is 3. The van der Waals surface area contributed by atoms with E-state index < -0.39 is 0 Å². The summed E-state index contributed by atoms with van der Waals surface area (Å²) in [5.74, 6) is 0.782. The van der Waals surface area contributed by atoms with E-state index in [9.17, 15) is 0 Å². The van der Waals surface area contributed by atoms with E-state index in [4.69, 9.17) is 4.42 Å². The van der Waals surface area contributed by atoms with E-state index in [1.807, 2.05) is 12.1 Å². The van der Waals surface area contributed by atoms with Gasteiger partial charge < -0.3 is 4.42 Å². The van der Waals surface area contributed by atoms with Crippen LogP contribution in [-0.2, 0) is 0 Å². The van der Waals surface area contributed by atoms with Crippen molar-refractivity contribution in [2.45, 2.75) is 18.2 Å². The predicted molar refractivity (Wildman–Crippen MR) is 59.6 cm³/mol. The molecule has 14 heavy (non-hydrogen) atoms. The van der Waals surface area contributed by atoms with Crippen LogP contribution in [0.25, 0.3) is 10.8 Å². The van der Waals surface area contributed by atoms with Crippen molar-refractivity contribution in [3.8, 4) is 10.8 Å². The Hall–Kier alpha value is -0.680. The first-order chi connectivity index (χ1) is 6.81. The van der Waals surface area contributed by atoms with Gasteiger partial charge in [0.25, 0.3) is 0 Å². The van der Waals surface area contributed by atoms with Gasteiger partial charge in [-0.25, -0.2) is 0 Å². The third kappa shape index (κ3) is 1.88. The van der Waals surface area contributed by atoms with Crippen molar-refractivity contribution < 1.29 is 4.42 Å². The first-order valence-electron chi connectivity index (χ1n) is 4.32. The molecule has 2 heterocycles. The van der Waals surface area contributed by atoms with E-state index in [-0.39, 0.29) is 0 Å².